The van der Waals surface area contributed by atoms with E-state index in [2.05, 4.69) is 24.3 Å². The largest absolute Gasteiger partial charge is 0.692 e. The molecular formula is C8H18O4PSi3+. The van der Waals surface area contributed by atoms with Gasteiger partial charge in [-0.1, -0.05) is 30.3 Å². The molecule has 1 rings (SSSR count). The topological polar surface area (TPSA) is 77.8 Å². The number of rotatable bonds is 4. The van der Waals surface area contributed by atoms with Crippen molar-refractivity contribution in [3.63, 3.8) is 0 Å². The number of hydrogen-bond donors (Lipinski definition) is 3. The van der Waals surface area contributed by atoms with Gasteiger partial charge in [-0.05, 0) is 27.8 Å². The average molecular weight is 293 g/mol. The van der Waals surface area contributed by atoms with Gasteiger partial charge in [0.2, 0.25) is 0 Å². The van der Waals surface area contributed by atoms with E-state index in [0.29, 0.717) is 0 Å². The number of aryl methyl sites for hydroxylation is 1. The highest BCUT2D eigenvalue weighted by atomic mass is 31.1. The first-order valence-electron chi connectivity index (χ1n) is 5.13. The molecule has 3 N–H and O–H groups in total. The highest BCUT2D eigenvalue weighted by Gasteiger charge is 2.03. The fourth-order valence-corrected chi connectivity index (χ4v) is 7.77. The van der Waals surface area contributed by atoms with E-state index in [1.165, 1.54) is 15.3 Å². The van der Waals surface area contributed by atoms with Gasteiger partial charge in [0.1, 0.15) is 8.56 Å². The molecule has 1 unspecified atom stereocenters. The predicted molar refractivity (Wildman–Crippen MR) is 74.8 cm³/mol. The van der Waals surface area contributed by atoms with Crippen LogP contribution in [0.15, 0.2) is 30.3 Å². The standard InChI is InChI=1S/C8H16OSi3.HO3P/c9-12(11-10)7-6-8-4-2-1-3-5-8;1-4(2)3/h1-5,9,12H,6-7,11H2,10H3;(H-,1,2,3)/p+1. The molecule has 0 heterocycles. The molecule has 0 spiro atoms. The quantitative estimate of drug-likeness (QED) is 0.467. The summed E-state index contributed by atoms with van der Waals surface area (Å²) in [6.07, 6.45) is 1.10. The summed E-state index contributed by atoms with van der Waals surface area (Å²) in [5.74, 6) is 0. The third-order valence-electron chi connectivity index (χ3n) is 2.08. The zero-order valence-electron chi connectivity index (χ0n) is 9.28. The summed E-state index contributed by atoms with van der Waals surface area (Å²) in [7, 11) is -2.67. The first-order valence-corrected chi connectivity index (χ1v) is 16.5. The molecule has 0 aliphatic heterocycles. The van der Waals surface area contributed by atoms with Crippen molar-refractivity contribution < 1.29 is 19.1 Å². The molecule has 16 heavy (non-hydrogen) atoms. The van der Waals surface area contributed by atoms with Crippen molar-refractivity contribution in [1.29, 1.82) is 0 Å². The maximum absolute atomic E-state index is 9.55. The Morgan fingerprint density at radius 3 is 2.25 bits per heavy atom. The van der Waals surface area contributed by atoms with Crippen molar-refractivity contribution in [2.24, 2.45) is 0 Å². The molecule has 1 atom stereocenters. The SMILES string of the molecule is O=[P+](O)O.O[SiH](CCc1ccccc1)[SiH2][SiH3]. The molecule has 0 aromatic heterocycles. The van der Waals surface area contributed by atoms with E-state index in [1.807, 2.05) is 6.07 Å². The molecule has 0 amide bonds. The zero-order valence-corrected chi connectivity index (χ0v) is 14.7. The van der Waals surface area contributed by atoms with Gasteiger partial charge in [0.05, 0.1) is 0 Å². The first kappa shape index (κ1) is 15.9. The summed E-state index contributed by atoms with van der Waals surface area (Å²) < 4.78 is 8.70. The van der Waals surface area contributed by atoms with E-state index in [-0.39, 0.29) is 8.55 Å². The molecule has 0 aliphatic carbocycles. The monoisotopic (exact) mass is 293 g/mol. The van der Waals surface area contributed by atoms with E-state index < -0.39 is 16.8 Å². The third-order valence-corrected chi connectivity index (χ3v) is 16.5. The molecule has 1 aromatic rings. The van der Waals surface area contributed by atoms with Crippen LogP contribution in [0, 0.1) is 0 Å². The minimum atomic E-state index is -2.87. The van der Waals surface area contributed by atoms with Crippen molar-refractivity contribution in [2.45, 2.75) is 12.5 Å². The van der Waals surface area contributed by atoms with Crippen molar-refractivity contribution in [2.75, 3.05) is 0 Å². The highest BCUT2D eigenvalue weighted by Crippen LogP contribution is 2.03. The normalized spacial score (nSPS) is 12.2. The molecule has 4 nitrogen and oxygen atoms in total. The van der Waals surface area contributed by atoms with Gasteiger partial charge < -0.3 is 4.80 Å². The van der Waals surface area contributed by atoms with Gasteiger partial charge in [0, 0.05) is 13.1 Å². The van der Waals surface area contributed by atoms with Crippen LogP contribution >= 0.6 is 8.25 Å². The lowest BCUT2D eigenvalue weighted by atomic mass is 10.2. The molecule has 0 aliphatic rings. The zero-order chi connectivity index (χ0) is 12.4. The smallest absolute Gasteiger partial charge is 0.439 e. The lowest BCUT2D eigenvalue weighted by Gasteiger charge is -2.04. The molecule has 90 valence electrons. The predicted octanol–water partition coefficient (Wildman–Crippen LogP) is -1.48. The van der Waals surface area contributed by atoms with Gasteiger partial charge in [-0.15, -0.1) is 9.79 Å². The first-order chi connectivity index (χ1) is 7.56. The van der Waals surface area contributed by atoms with Crippen molar-refractivity contribution >= 4 is 35.1 Å². The minimum absolute atomic E-state index is 0.0558. The molecule has 8 heteroatoms. The summed E-state index contributed by atoms with van der Waals surface area (Å²) in [6.45, 7) is 0. The Balaban J connectivity index is 0.000000487. The Labute approximate surface area is 103 Å². The summed E-state index contributed by atoms with van der Waals surface area (Å²) >= 11 is 0. The van der Waals surface area contributed by atoms with E-state index in [0.717, 1.165) is 12.5 Å². The maximum atomic E-state index is 9.55. The van der Waals surface area contributed by atoms with Crippen LogP contribution in [-0.2, 0) is 11.0 Å². The van der Waals surface area contributed by atoms with Gasteiger partial charge in [-0.25, -0.2) is 0 Å². The second-order valence-electron chi connectivity index (χ2n) is 3.34. The van der Waals surface area contributed by atoms with Crippen LogP contribution in [0.4, 0.5) is 0 Å². The maximum Gasteiger partial charge on any atom is 0.692 e. The number of benzene rings is 1. The van der Waals surface area contributed by atoms with E-state index in [1.54, 1.807) is 0 Å². The van der Waals surface area contributed by atoms with Gasteiger partial charge >= 0.3 is 8.25 Å². The molecule has 1 aromatic carbocycles. The second kappa shape index (κ2) is 10.0. The Hall–Kier alpha value is -0.149. The molecule has 0 saturated carbocycles. The Kier molecular flexibility index (Phi) is 9.94. The fourth-order valence-electron chi connectivity index (χ4n) is 1.18. The van der Waals surface area contributed by atoms with Crippen molar-refractivity contribution in [3.8, 4) is 0 Å². The van der Waals surface area contributed by atoms with Crippen LogP contribution in [0.1, 0.15) is 5.56 Å². The lowest BCUT2D eigenvalue weighted by molar-refractivity contribution is 0.405. The fraction of sp³-hybridized carbons (Fsp3) is 0.250. The third kappa shape index (κ3) is 10.4. The van der Waals surface area contributed by atoms with Crippen LogP contribution < -0.4 is 0 Å². The van der Waals surface area contributed by atoms with E-state index in [9.17, 15) is 4.80 Å². The average Bonchev–Trinajstić information content (AvgIpc) is 2.26. The van der Waals surface area contributed by atoms with Crippen molar-refractivity contribution in [1.82, 2.24) is 0 Å². The van der Waals surface area contributed by atoms with Crippen molar-refractivity contribution in [3.05, 3.63) is 35.9 Å². The molecule has 0 fully saturated rings. The molecule has 0 saturated heterocycles. The molecule has 0 bridgehead atoms. The van der Waals surface area contributed by atoms with E-state index >= 15 is 0 Å². The van der Waals surface area contributed by atoms with E-state index in [4.69, 9.17) is 14.4 Å². The summed E-state index contributed by atoms with van der Waals surface area (Å²) in [4.78, 5) is 23.8. The summed E-state index contributed by atoms with van der Waals surface area (Å²) in [5, 5.41) is 0. The van der Waals surface area contributed by atoms with Crippen LogP contribution in [0.25, 0.3) is 0 Å². The van der Waals surface area contributed by atoms with Crippen LogP contribution in [0.3, 0.4) is 0 Å². The minimum Gasteiger partial charge on any atom is -0.439 e. The lowest BCUT2D eigenvalue weighted by Crippen LogP contribution is -2.22. The van der Waals surface area contributed by atoms with Crippen LogP contribution in [0.2, 0.25) is 6.04 Å². The molecule has 0 radical (unpaired) electrons. The van der Waals surface area contributed by atoms with Gasteiger partial charge in [-0.3, -0.25) is 0 Å². The second-order valence-corrected chi connectivity index (χ2v) is 19.2. The summed E-state index contributed by atoms with van der Waals surface area (Å²) in [5.41, 5.74) is 1.38. The molecular weight excluding hydrogens is 275 g/mol. The van der Waals surface area contributed by atoms with Gasteiger partial charge in [0.25, 0.3) is 0 Å². The van der Waals surface area contributed by atoms with Crippen LogP contribution in [0.5, 0.6) is 0 Å². The Bertz CT molecular complexity index is 295. The van der Waals surface area contributed by atoms with Crippen LogP contribution in [-0.4, -0.2) is 41.5 Å². The summed E-state index contributed by atoms with van der Waals surface area (Å²) in [6, 6.07) is 11.6. The Morgan fingerprint density at radius 2 is 1.81 bits per heavy atom. The Morgan fingerprint density at radius 1 is 1.31 bits per heavy atom. The van der Waals surface area contributed by atoms with Gasteiger partial charge in [0.15, 0.2) is 0 Å². The van der Waals surface area contributed by atoms with Gasteiger partial charge in [-0.2, -0.15) is 0 Å². The number of hydrogen-bond acceptors (Lipinski definition) is 2. The highest BCUT2D eigenvalue weighted by molar-refractivity contribution is 7.30.